The number of thioether (sulfide) groups is 1. The number of esters is 1. The molecule has 1 aromatic carbocycles. The predicted molar refractivity (Wildman–Crippen MR) is 140 cm³/mol. The Morgan fingerprint density at radius 1 is 1.17 bits per heavy atom. The van der Waals surface area contributed by atoms with Gasteiger partial charge in [-0.3, -0.25) is 9.69 Å². The van der Waals surface area contributed by atoms with E-state index in [0.29, 0.717) is 36.7 Å². The van der Waals surface area contributed by atoms with Crippen LogP contribution in [0.2, 0.25) is 0 Å². The molecule has 0 N–H and O–H groups in total. The lowest BCUT2D eigenvalue weighted by Crippen LogP contribution is -2.49. The summed E-state index contributed by atoms with van der Waals surface area (Å²) in [6.45, 7) is 8.50. The Bertz CT molecular complexity index is 1080. The summed E-state index contributed by atoms with van der Waals surface area (Å²) < 4.78 is 16.1. The number of allylic oxidation sites excluding steroid dienone is 1. The summed E-state index contributed by atoms with van der Waals surface area (Å²) in [5, 5.41) is 2.72. The topological polar surface area (TPSA) is 83.9 Å². The van der Waals surface area contributed by atoms with E-state index >= 15 is 0 Å². The van der Waals surface area contributed by atoms with Gasteiger partial charge in [-0.15, -0.1) is 0 Å². The van der Waals surface area contributed by atoms with Gasteiger partial charge in [0.05, 0.1) is 44.1 Å². The molecule has 1 saturated heterocycles. The fraction of sp³-hybridized carbons (Fsp3) is 0.500. The normalized spacial score (nSPS) is 20.2. The molecule has 10 heteroatoms. The van der Waals surface area contributed by atoms with Crippen molar-refractivity contribution in [2.75, 3.05) is 60.2 Å². The van der Waals surface area contributed by atoms with Gasteiger partial charge in [0.1, 0.15) is 5.75 Å². The van der Waals surface area contributed by atoms with Crippen LogP contribution < -0.4 is 4.74 Å². The molecule has 0 aliphatic carbocycles. The molecule has 0 spiro atoms. The molecular weight excluding hydrogens is 480 g/mol. The van der Waals surface area contributed by atoms with E-state index in [9.17, 15) is 9.59 Å². The molecule has 1 atom stereocenters. The van der Waals surface area contributed by atoms with Crippen LogP contribution in [0.5, 0.6) is 5.75 Å². The maximum atomic E-state index is 13.3. The maximum absolute atomic E-state index is 13.3. The van der Waals surface area contributed by atoms with Gasteiger partial charge in [0.25, 0.3) is 0 Å². The van der Waals surface area contributed by atoms with Crippen LogP contribution >= 0.6 is 11.8 Å². The van der Waals surface area contributed by atoms with E-state index < -0.39 is 12.0 Å². The number of benzene rings is 1. The van der Waals surface area contributed by atoms with Crippen molar-refractivity contribution in [2.24, 2.45) is 4.99 Å². The van der Waals surface area contributed by atoms with Gasteiger partial charge in [0.15, 0.2) is 5.17 Å². The summed E-state index contributed by atoms with van der Waals surface area (Å²) in [6.07, 6.45) is 0.236. The number of ether oxygens (including phenoxy) is 3. The minimum absolute atomic E-state index is 0.0721. The number of amides is 1. The van der Waals surface area contributed by atoms with Crippen molar-refractivity contribution in [1.29, 1.82) is 0 Å². The minimum Gasteiger partial charge on any atom is -0.497 e. The van der Waals surface area contributed by atoms with E-state index in [4.69, 9.17) is 19.2 Å². The molecule has 0 bridgehead atoms. The molecule has 3 aliphatic heterocycles. The Morgan fingerprint density at radius 3 is 2.64 bits per heavy atom. The Kier molecular flexibility index (Phi) is 8.71. The highest BCUT2D eigenvalue weighted by Gasteiger charge is 2.41. The monoisotopic (exact) mass is 514 g/mol. The highest BCUT2D eigenvalue weighted by atomic mass is 32.2. The maximum Gasteiger partial charge on any atom is 0.338 e. The third-order valence-corrected chi connectivity index (χ3v) is 7.46. The summed E-state index contributed by atoms with van der Waals surface area (Å²) >= 11 is 1.48. The smallest absolute Gasteiger partial charge is 0.338 e. The molecule has 0 unspecified atom stereocenters. The van der Waals surface area contributed by atoms with Crippen LogP contribution in [0.4, 0.5) is 0 Å². The third-order valence-electron chi connectivity index (χ3n) is 6.57. The van der Waals surface area contributed by atoms with Crippen LogP contribution in [-0.2, 0) is 19.1 Å². The summed E-state index contributed by atoms with van der Waals surface area (Å²) in [5.74, 6) is 0.362. The summed E-state index contributed by atoms with van der Waals surface area (Å²) in [4.78, 5) is 37.4. The van der Waals surface area contributed by atoms with Crippen LogP contribution in [0.1, 0.15) is 31.9 Å². The molecule has 1 fully saturated rings. The molecule has 194 valence electrons. The average molecular weight is 515 g/mol. The molecule has 36 heavy (non-hydrogen) atoms. The van der Waals surface area contributed by atoms with E-state index in [1.807, 2.05) is 46.4 Å². The molecular formula is C26H34N4O5S. The summed E-state index contributed by atoms with van der Waals surface area (Å²) in [5.41, 5.74) is 2.79. The first kappa shape index (κ1) is 26.2. The highest BCUT2D eigenvalue weighted by molar-refractivity contribution is 8.16. The summed E-state index contributed by atoms with van der Waals surface area (Å²) in [7, 11) is 3.32. The second-order valence-corrected chi connectivity index (χ2v) is 9.62. The number of fused-ring (bicyclic) bond motifs is 1. The van der Waals surface area contributed by atoms with Gasteiger partial charge in [-0.2, -0.15) is 0 Å². The quantitative estimate of drug-likeness (QED) is 0.465. The van der Waals surface area contributed by atoms with Crippen LogP contribution in [-0.4, -0.2) is 91.9 Å². The fourth-order valence-corrected chi connectivity index (χ4v) is 5.64. The minimum atomic E-state index is -0.466. The molecule has 1 amide bonds. The number of nitrogens with zero attached hydrogens (tertiary/aromatic N) is 4. The largest absolute Gasteiger partial charge is 0.497 e. The van der Waals surface area contributed by atoms with E-state index in [1.165, 1.54) is 11.8 Å². The van der Waals surface area contributed by atoms with Gasteiger partial charge in [-0.25, -0.2) is 9.79 Å². The number of methoxy groups -OCH3 is 2. The van der Waals surface area contributed by atoms with Crippen molar-refractivity contribution in [2.45, 2.75) is 26.3 Å². The number of carbonyl (C=O) groups excluding carboxylic acids is 2. The van der Waals surface area contributed by atoms with E-state index in [0.717, 1.165) is 36.1 Å². The second-order valence-electron chi connectivity index (χ2n) is 8.78. The van der Waals surface area contributed by atoms with E-state index in [-0.39, 0.29) is 18.9 Å². The van der Waals surface area contributed by atoms with Crippen molar-refractivity contribution in [3.8, 4) is 5.75 Å². The lowest BCUT2D eigenvalue weighted by Gasteiger charge is -2.38. The zero-order valence-corrected chi connectivity index (χ0v) is 22.2. The number of amidine groups is 1. The van der Waals surface area contributed by atoms with Crippen LogP contribution in [0.15, 0.2) is 51.6 Å². The highest BCUT2D eigenvalue weighted by Crippen LogP contribution is 2.45. The first-order chi connectivity index (χ1) is 17.5. The molecule has 3 aliphatic rings. The molecule has 0 saturated carbocycles. The molecule has 9 nitrogen and oxygen atoms in total. The molecule has 4 rings (SSSR count). The number of rotatable bonds is 9. The Balaban J connectivity index is 1.57. The van der Waals surface area contributed by atoms with E-state index in [2.05, 4.69) is 4.90 Å². The van der Waals surface area contributed by atoms with E-state index in [1.54, 1.807) is 21.1 Å². The number of aliphatic imine (C=N–C) groups is 1. The standard InChI is InChI=1S/C26H34N4O5S/c1-5-35-25(32)23-18(2)27-26-30(24(23)19-7-6-8-21(15-19)34-4)20(17-36-26)16-22(31)29-11-9-28(10-12-29)13-14-33-3/h6-8,15,17,24H,5,9-14,16H2,1-4H3/t24-/m1/s1. The first-order valence-electron chi connectivity index (χ1n) is 12.2. The Labute approximate surface area is 216 Å². The van der Waals surface area contributed by atoms with Crippen LogP contribution in [0.3, 0.4) is 0 Å². The lowest BCUT2D eigenvalue weighted by atomic mass is 9.93. The number of hydrogen-bond acceptors (Lipinski definition) is 9. The molecule has 3 heterocycles. The van der Waals surface area contributed by atoms with Gasteiger partial charge in [-0.1, -0.05) is 23.9 Å². The number of carbonyl (C=O) groups is 2. The molecule has 0 aromatic heterocycles. The van der Waals surface area contributed by atoms with Crippen molar-refractivity contribution >= 4 is 28.8 Å². The summed E-state index contributed by atoms with van der Waals surface area (Å²) in [6, 6.07) is 7.18. The van der Waals surface area contributed by atoms with Gasteiger partial charge in [0, 0.05) is 45.5 Å². The van der Waals surface area contributed by atoms with Gasteiger partial charge >= 0.3 is 5.97 Å². The Morgan fingerprint density at radius 2 is 1.94 bits per heavy atom. The van der Waals surface area contributed by atoms with Crippen molar-refractivity contribution in [3.05, 3.63) is 52.2 Å². The SMILES string of the molecule is CCOC(=O)C1=C(C)N=C2SC=C(CC(=O)N3CCN(CCOC)CC3)N2[C@@H]1c1cccc(OC)c1. The molecule has 0 radical (unpaired) electrons. The van der Waals surface area contributed by atoms with Crippen molar-refractivity contribution in [3.63, 3.8) is 0 Å². The van der Waals surface area contributed by atoms with Crippen LogP contribution in [0.25, 0.3) is 0 Å². The number of hydrogen-bond donors (Lipinski definition) is 0. The Hall–Kier alpha value is -2.82. The first-order valence-corrected chi connectivity index (χ1v) is 13.1. The zero-order valence-electron chi connectivity index (χ0n) is 21.4. The predicted octanol–water partition coefficient (Wildman–Crippen LogP) is 3.01. The van der Waals surface area contributed by atoms with Gasteiger partial charge in [0.2, 0.25) is 5.91 Å². The van der Waals surface area contributed by atoms with Gasteiger partial charge in [-0.05, 0) is 37.0 Å². The zero-order chi connectivity index (χ0) is 25.7. The van der Waals surface area contributed by atoms with Crippen LogP contribution in [0, 0.1) is 0 Å². The fourth-order valence-electron chi connectivity index (χ4n) is 4.67. The van der Waals surface area contributed by atoms with Crippen molar-refractivity contribution < 1.29 is 23.8 Å². The molecule has 1 aromatic rings. The number of piperazine rings is 1. The van der Waals surface area contributed by atoms with Crippen molar-refractivity contribution in [1.82, 2.24) is 14.7 Å². The second kappa shape index (κ2) is 11.9. The average Bonchev–Trinajstić information content (AvgIpc) is 3.28. The van der Waals surface area contributed by atoms with Gasteiger partial charge < -0.3 is 24.0 Å². The third kappa shape index (κ3) is 5.61. The lowest BCUT2D eigenvalue weighted by molar-refractivity contribution is -0.139.